The molecule has 1 aromatic heterocycles. The Hall–Kier alpha value is -1.87. The van der Waals surface area contributed by atoms with E-state index in [1.54, 1.807) is 18.2 Å². The Bertz CT molecular complexity index is 840. The Labute approximate surface area is 185 Å². The minimum atomic E-state index is -0.473. The molecule has 0 unspecified atom stereocenters. The third-order valence-electron chi connectivity index (χ3n) is 5.06. The summed E-state index contributed by atoms with van der Waals surface area (Å²) in [5.74, 6) is 0.337. The summed E-state index contributed by atoms with van der Waals surface area (Å²) in [6.07, 6.45) is 3.70. The summed E-state index contributed by atoms with van der Waals surface area (Å²) in [4.78, 5) is 12.4. The molecule has 1 saturated heterocycles. The van der Waals surface area contributed by atoms with Crippen LogP contribution >= 0.6 is 23.2 Å². The number of aromatic nitrogens is 3. The number of hydrogen-bond donors (Lipinski definition) is 3. The SMILES string of the molecule is CC(C)c1cn(CC[C@H]2CC[C@@H](NC(=O)Nc3cc(Cl)cc(Cl)c3)[C@H](CO)O2)nn1. The molecule has 2 heterocycles. The Morgan fingerprint density at radius 2 is 2.03 bits per heavy atom. The number of rotatable bonds is 7. The first-order valence-electron chi connectivity index (χ1n) is 10.0. The maximum atomic E-state index is 12.4. The monoisotopic (exact) mass is 455 g/mol. The van der Waals surface area contributed by atoms with E-state index in [0.29, 0.717) is 34.6 Å². The normalized spacial score (nSPS) is 21.6. The summed E-state index contributed by atoms with van der Waals surface area (Å²) in [7, 11) is 0. The van der Waals surface area contributed by atoms with E-state index in [9.17, 15) is 9.90 Å². The summed E-state index contributed by atoms with van der Waals surface area (Å²) in [5.41, 5.74) is 1.46. The third-order valence-corrected chi connectivity index (χ3v) is 5.50. The lowest BCUT2D eigenvalue weighted by Gasteiger charge is -2.36. The van der Waals surface area contributed by atoms with Crippen LogP contribution in [0.15, 0.2) is 24.4 Å². The van der Waals surface area contributed by atoms with E-state index in [1.807, 2.05) is 10.9 Å². The predicted octanol–water partition coefficient (Wildman–Crippen LogP) is 3.83. The lowest BCUT2D eigenvalue weighted by Crippen LogP contribution is -2.52. The number of aliphatic hydroxyl groups is 1. The number of nitrogens with one attached hydrogen (secondary N) is 2. The van der Waals surface area contributed by atoms with Gasteiger partial charge >= 0.3 is 6.03 Å². The van der Waals surface area contributed by atoms with Crippen molar-refractivity contribution in [3.8, 4) is 0 Å². The first-order chi connectivity index (χ1) is 14.3. The largest absolute Gasteiger partial charge is 0.394 e. The van der Waals surface area contributed by atoms with Crippen molar-refractivity contribution in [2.24, 2.45) is 0 Å². The van der Waals surface area contributed by atoms with Gasteiger partial charge in [0.1, 0.15) is 6.10 Å². The minimum Gasteiger partial charge on any atom is -0.394 e. The lowest BCUT2D eigenvalue weighted by atomic mass is 9.97. The van der Waals surface area contributed by atoms with Gasteiger partial charge in [0.15, 0.2) is 0 Å². The highest BCUT2D eigenvalue weighted by Crippen LogP contribution is 2.24. The van der Waals surface area contributed by atoms with Gasteiger partial charge in [-0.05, 0) is 43.4 Å². The van der Waals surface area contributed by atoms with Crippen molar-refractivity contribution < 1.29 is 14.6 Å². The number of urea groups is 1. The van der Waals surface area contributed by atoms with Gasteiger partial charge in [-0.1, -0.05) is 42.3 Å². The number of aryl methyl sites for hydroxylation is 1. The van der Waals surface area contributed by atoms with Crippen molar-refractivity contribution in [2.75, 3.05) is 11.9 Å². The second-order valence-corrected chi connectivity index (χ2v) is 8.64. The Morgan fingerprint density at radius 1 is 1.30 bits per heavy atom. The predicted molar refractivity (Wildman–Crippen MR) is 116 cm³/mol. The highest BCUT2D eigenvalue weighted by atomic mass is 35.5. The van der Waals surface area contributed by atoms with Gasteiger partial charge in [-0.25, -0.2) is 4.79 Å². The van der Waals surface area contributed by atoms with E-state index in [1.165, 1.54) is 0 Å². The van der Waals surface area contributed by atoms with Gasteiger partial charge in [0.25, 0.3) is 0 Å². The number of aliphatic hydroxyl groups excluding tert-OH is 1. The molecule has 1 aliphatic rings. The average Bonchev–Trinajstić information content (AvgIpc) is 3.15. The van der Waals surface area contributed by atoms with Crippen molar-refractivity contribution in [3.05, 3.63) is 40.1 Å². The molecule has 1 fully saturated rings. The van der Waals surface area contributed by atoms with E-state index >= 15 is 0 Å². The zero-order valence-corrected chi connectivity index (χ0v) is 18.5. The first-order valence-corrected chi connectivity index (χ1v) is 10.8. The molecular formula is C20H27Cl2N5O3. The fourth-order valence-electron chi connectivity index (χ4n) is 3.43. The first kappa shape index (κ1) is 22.8. The van der Waals surface area contributed by atoms with Gasteiger partial charge in [-0.2, -0.15) is 0 Å². The van der Waals surface area contributed by atoms with Crippen molar-refractivity contribution >= 4 is 34.9 Å². The number of halogens is 2. The molecule has 0 bridgehead atoms. The molecule has 0 saturated carbocycles. The smallest absolute Gasteiger partial charge is 0.319 e. The Kier molecular flexibility index (Phi) is 7.93. The zero-order chi connectivity index (χ0) is 21.7. The summed E-state index contributed by atoms with van der Waals surface area (Å²) in [6.45, 7) is 4.67. The number of amides is 2. The second-order valence-electron chi connectivity index (χ2n) is 7.77. The van der Waals surface area contributed by atoms with Gasteiger partial charge in [-0.3, -0.25) is 4.68 Å². The van der Waals surface area contributed by atoms with Gasteiger partial charge in [0, 0.05) is 28.5 Å². The van der Waals surface area contributed by atoms with Crippen LogP contribution < -0.4 is 10.6 Å². The molecule has 0 aliphatic carbocycles. The summed E-state index contributed by atoms with van der Waals surface area (Å²) in [6, 6.07) is 4.12. The van der Waals surface area contributed by atoms with E-state index in [2.05, 4.69) is 34.8 Å². The Balaban J connectivity index is 1.49. The van der Waals surface area contributed by atoms with Crippen LogP contribution in [0, 0.1) is 0 Å². The molecule has 30 heavy (non-hydrogen) atoms. The van der Waals surface area contributed by atoms with Crippen LogP contribution in [0.25, 0.3) is 0 Å². The van der Waals surface area contributed by atoms with E-state index in [0.717, 1.165) is 18.5 Å². The molecule has 2 amide bonds. The van der Waals surface area contributed by atoms with Crippen LogP contribution in [-0.2, 0) is 11.3 Å². The van der Waals surface area contributed by atoms with E-state index < -0.39 is 12.1 Å². The number of benzene rings is 1. The molecule has 8 nitrogen and oxygen atoms in total. The van der Waals surface area contributed by atoms with Gasteiger partial charge in [0.05, 0.1) is 24.4 Å². The number of nitrogens with zero attached hydrogens (tertiary/aromatic N) is 3. The molecule has 0 spiro atoms. The molecular weight excluding hydrogens is 429 g/mol. The van der Waals surface area contributed by atoms with Crippen LogP contribution in [0.5, 0.6) is 0 Å². The van der Waals surface area contributed by atoms with Crippen molar-refractivity contribution in [1.29, 1.82) is 0 Å². The van der Waals surface area contributed by atoms with Crippen molar-refractivity contribution in [3.63, 3.8) is 0 Å². The maximum Gasteiger partial charge on any atom is 0.319 e. The fraction of sp³-hybridized carbons (Fsp3) is 0.550. The maximum absolute atomic E-state index is 12.4. The van der Waals surface area contributed by atoms with Gasteiger partial charge in [0.2, 0.25) is 0 Å². The molecule has 3 atom stereocenters. The lowest BCUT2D eigenvalue weighted by molar-refractivity contribution is -0.0905. The topological polar surface area (TPSA) is 101 Å². The van der Waals surface area contributed by atoms with Gasteiger partial charge in [-0.15, -0.1) is 5.10 Å². The molecule has 10 heteroatoms. The molecule has 0 radical (unpaired) electrons. The Morgan fingerprint density at radius 3 is 2.67 bits per heavy atom. The van der Waals surface area contributed by atoms with Crippen LogP contribution in [-0.4, -0.2) is 51.0 Å². The highest BCUT2D eigenvalue weighted by molar-refractivity contribution is 6.35. The standard InChI is InChI=1S/C20H27Cl2N5O3/c1-12(2)18-10-27(26-25-18)6-5-16-3-4-17(19(11-28)30-16)24-20(29)23-15-8-13(21)7-14(22)9-15/h7-10,12,16-17,19,28H,3-6,11H2,1-2H3,(H2,23,24,29)/t16-,17-,19+/m1/s1. The molecule has 3 N–H and O–H groups in total. The molecule has 3 rings (SSSR count). The summed E-state index contributed by atoms with van der Waals surface area (Å²) >= 11 is 11.9. The quantitative estimate of drug-likeness (QED) is 0.588. The molecule has 2 aromatic rings. The van der Waals surface area contributed by atoms with Gasteiger partial charge < -0.3 is 20.5 Å². The van der Waals surface area contributed by atoms with Crippen molar-refractivity contribution in [2.45, 2.75) is 63.8 Å². The second kappa shape index (κ2) is 10.4. The number of hydrogen-bond acceptors (Lipinski definition) is 5. The number of carbonyl (C=O) groups excluding carboxylic acids is 1. The number of ether oxygens (including phenoxy) is 1. The van der Waals surface area contributed by atoms with E-state index in [4.69, 9.17) is 27.9 Å². The molecule has 1 aromatic carbocycles. The molecule has 1 aliphatic heterocycles. The van der Waals surface area contributed by atoms with Crippen LogP contribution in [0.3, 0.4) is 0 Å². The van der Waals surface area contributed by atoms with Crippen LogP contribution in [0.4, 0.5) is 10.5 Å². The minimum absolute atomic E-state index is 0.0123. The highest BCUT2D eigenvalue weighted by Gasteiger charge is 2.32. The van der Waals surface area contributed by atoms with Crippen molar-refractivity contribution in [1.82, 2.24) is 20.3 Å². The average molecular weight is 456 g/mol. The van der Waals surface area contributed by atoms with Crippen LogP contribution in [0.2, 0.25) is 10.0 Å². The summed E-state index contributed by atoms with van der Waals surface area (Å²) in [5, 5.41) is 24.5. The fourth-order valence-corrected chi connectivity index (χ4v) is 3.96. The number of anilines is 1. The zero-order valence-electron chi connectivity index (χ0n) is 17.0. The van der Waals surface area contributed by atoms with Crippen LogP contribution in [0.1, 0.15) is 44.7 Å². The summed E-state index contributed by atoms with van der Waals surface area (Å²) < 4.78 is 7.84. The number of carbonyl (C=O) groups is 1. The third kappa shape index (κ3) is 6.31. The molecule has 164 valence electrons. The van der Waals surface area contributed by atoms with E-state index in [-0.39, 0.29) is 18.8 Å².